The first-order valence-electron chi connectivity index (χ1n) is 6.50. The van der Waals surface area contributed by atoms with Crippen LogP contribution in [0, 0.1) is 0 Å². The summed E-state index contributed by atoms with van der Waals surface area (Å²) in [5.41, 5.74) is 1.06. The molecule has 2 aliphatic heterocycles. The highest BCUT2D eigenvalue weighted by Gasteiger charge is 2.19. The fraction of sp³-hybridized carbons (Fsp3) is 0.429. The molecule has 0 unspecified atom stereocenters. The van der Waals surface area contributed by atoms with Crippen LogP contribution in [0.2, 0.25) is 0 Å². The van der Waals surface area contributed by atoms with Crippen LogP contribution in [0.25, 0.3) is 0 Å². The second-order valence-electron chi connectivity index (χ2n) is 4.51. The lowest BCUT2D eigenvalue weighted by atomic mass is 10.2. The lowest BCUT2D eigenvalue weighted by molar-refractivity contribution is 0.353. The minimum atomic E-state index is 0.528. The number of hydrogen-bond donors (Lipinski definition) is 1. The minimum absolute atomic E-state index is 0.528. The molecule has 0 spiro atoms. The molecule has 1 aromatic rings. The van der Waals surface area contributed by atoms with E-state index in [1.54, 1.807) is 13.4 Å². The average Bonchev–Trinajstić information content (AvgIpc) is 2.71. The van der Waals surface area contributed by atoms with E-state index in [1.807, 2.05) is 18.2 Å². The lowest BCUT2D eigenvalue weighted by Gasteiger charge is -2.31. The SMILES string of the molecule is COc1cc2c(cc1N1CCNCC1)OCC=CO2. The number of nitrogens with one attached hydrogen (secondary N) is 1. The molecule has 2 aliphatic rings. The van der Waals surface area contributed by atoms with E-state index < -0.39 is 0 Å². The van der Waals surface area contributed by atoms with Gasteiger partial charge in [0.2, 0.25) is 0 Å². The van der Waals surface area contributed by atoms with Crippen LogP contribution in [0.15, 0.2) is 24.5 Å². The van der Waals surface area contributed by atoms with Crippen LogP contribution < -0.4 is 24.4 Å². The second kappa shape index (κ2) is 5.40. The lowest BCUT2D eigenvalue weighted by Crippen LogP contribution is -2.43. The minimum Gasteiger partial charge on any atom is -0.494 e. The number of benzene rings is 1. The number of hydrogen-bond acceptors (Lipinski definition) is 5. The van der Waals surface area contributed by atoms with Crippen LogP contribution >= 0.6 is 0 Å². The monoisotopic (exact) mass is 262 g/mol. The van der Waals surface area contributed by atoms with Crippen molar-refractivity contribution in [1.82, 2.24) is 5.32 Å². The molecule has 1 N–H and O–H groups in total. The number of methoxy groups -OCH3 is 1. The van der Waals surface area contributed by atoms with Crippen molar-refractivity contribution in [2.75, 3.05) is 44.8 Å². The molecule has 1 fully saturated rings. The molecule has 0 amide bonds. The third-order valence-corrected chi connectivity index (χ3v) is 3.33. The first-order chi connectivity index (χ1) is 9.38. The zero-order valence-electron chi connectivity index (χ0n) is 11.0. The third-order valence-electron chi connectivity index (χ3n) is 3.33. The van der Waals surface area contributed by atoms with Crippen LogP contribution in [0.3, 0.4) is 0 Å². The smallest absolute Gasteiger partial charge is 0.172 e. The van der Waals surface area contributed by atoms with E-state index in [4.69, 9.17) is 14.2 Å². The van der Waals surface area contributed by atoms with Crippen molar-refractivity contribution in [2.24, 2.45) is 0 Å². The summed E-state index contributed by atoms with van der Waals surface area (Å²) >= 11 is 0. The van der Waals surface area contributed by atoms with E-state index in [9.17, 15) is 0 Å². The summed E-state index contributed by atoms with van der Waals surface area (Å²) in [5.74, 6) is 2.28. The molecule has 0 bridgehead atoms. The molecule has 0 radical (unpaired) electrons. The number of anilines is 1. The fourth-order valence-electron chi connectivity index (χ4n) is 2.35. The number of ether oxygens (including phenoxy) is 3. The van der Waals surface area contributed by atoms with Crippen molar-refractivity contribution >= 4 is 5.69 Å². The van der Waals surface area contributed by atoms with Crippen LogP contribution in [0.4, 0.5) is 5.69 Å². The zero-order chi connectivity index (χ0) is 13.1. The van der Waals surface area contributed by atoms with Crippen molar-refractivity contribution in [3.63, 3.8) is 0 Å². The topological polar surface area (TPSA) is 43.0 Å². The highest BCUT2D eigenvalue weighted by atomic mass is 16.5. The zero-order valence-corrected chi connectivity index (χ0v) is 11.0. The van der Waals surface area contributed by atoms with Gasteiger partial charge in [-0.15, -0.1) is 0 Å². The van der Waals surface area contributed by atoms with E-state index in [0.29, 0.717) is 12.4 Å². The Kier molecular flexibility index (Phi) is 3.46. The van der Waals surface area contributed by atoms with E-state index in [0.717, 1.165) is 43.4 Å². The van der Waals surface area contributed by atoms with Crippen LogP contribution in [0.5, 0.6) is 17.2 Å². The Morgan fingerprint density at radius 3 is 2.84 bits per heavy atom. The molecule has 1 aromatic carbocycles. The summed E-state index contributed by atoms with van der Waals surface area (Å²) < 4.78 is 16.7. The largest absolute Gasteiger partial charge is 0.494 e. The molecule has 0 aliphatic carbocycles. The molecule has 5 nitrogen and oxygen atoms in total. The summed E-state index contributed by atoms with van der Waals surface area (Å²) in [7, 11) is 1.68. The summed E-state index contributed by atoms with van der Waals surface area (Å²) in [6, 6.07) is 3.90. The van der Waals surface area contributed by atoms with E-state index >= 15 is 0 Å². The standard InChI is InChI=1S/C14H18N2O3/c1-17-12-10-14-13(18-7-2-8-19-14)9-11(12)16-5-3-15-4-6-16/h2,8-10,15H,3-7H2,1H3. The molecule has 5 heteroatoms. The molecular formula is C14H18N2O3. The Morgan fingerprint density at radius 1 is 1.21 bits per heavy atom. The molecule has 1 saturated heterocycles. The molecule has 3 rings (SSSR count). The summed E-state index contributed by atoms with van der Waals surface area (Å²) in [6.07, 6.45) is 3.49. The molecular weight excluding hydrogens is 244 g/mol. The molecule has 0 saturated carbocycles. The van der Waals surface area contributed by atoms with Gasteiger partial charge >= 0.3 is 0 Å². The van der Waals surface area contributed by atoms with Crippen LogP contribution in [-0.4, -0.2) is 39.9 Å². The van der Waals surface area contributed by atoms with Gasteiger partial charge in [-0.2, -0.15) is 0 Å². The van der Waals surface area contributed by atoms with E-state index in [1.165, 1.54) is 0 Å². The molecule has 0 aromatic heterocycles. The third kappa shape index (κ3) is 2.46. The average molecular weight is 262 g/mol. The predicted molar refractivity (Wildman–Crippen MR) is 73.3 cm³/mol. The fourth-order valence-corrected chi connectivity index (χ4v) is 2.35. The summed E-state index contributed by atoms with van der Waals surface area (Å²) in [4.78, 5) is 2.30. The normalized spacial score (nSPS) is 18.1. The van der Waals surface area contributed by atoms with E-state index in [2.05, 4.69) is 10.2 Å². The summed E-state index contributed by atoms with van der Waals surface area (Å²) in [6.45, 7) is 4.43. The maximum Gasteiger partial charge on any atom is 0.172 e. The number of rotatable bonds is 2. The van der Waals surface area contributed by atoms with Gasteiger partial charge in [0, 0.05) is 38.3 Å². The van der Waals surface area contributed by atoms with Gasteiger partial charge in [0.1, 0.15) is 12.4 Å². The first kappa shape index (κ1) is 12.2. The van der Waals surface area contributed by atoms with Crippen LogP contribution in [0.1, 0.15) is 0 Å². The highest BCUT2D eigenvalue weighted by molar-refractivity contribution is 5.66. The highest BCUT2D eigenvalue weighted by Crippen LogP contribution is 2.40. The Balaban J connectivity index is 1.96. The van der Waals surface area contributed by atoms with Crippen molar-refractivity contribution in [3.05, 3.63) is 24.5 Å². The van der Waals surface area contributed by atoms with Gasteiger partial charge in [-0.05, 0) is 6.08 Å². The van der Waals surface area contributed by atoms with Gasteiger partial charge in [-0.1, -0.05) is 0 Å². The van der Waals surface area contributed by atoms with Gasteiger partial charge in [-0.25, -0.2) is 0 Å². The summed E-state index contributed by atoms with van der Waals surface area (Å²) in [5, 5.41) is 3.35. The van der Waals surface area contributed by atoms with Gasteiger partial charge < -0.3 is 24.4 Å². The first-order valence-corrected chi connectivity index (χ1v) is 6.50. The predicted octanol–water partition coefficient (Wildman–Crippen LogP) is 1.39. The van der Waals surface area contributed by atoms with E-state index in [-0.39, 0.29) is 0 Å². The van der Waals surface area contributed by atoms with Crippen molar-refractivity contribution in [1.29, 1.82) is 0 Å². The maximum absolute atomic E-state index is 5.67. The Morgan fingerprint density at radius 2 is 2.05 bits per heavy atom. The van der Waals surface area contributed by atoms with Gasteiger partial charge in [0.15, 0.2) is 11.5 Å². The van der Waals surface area contributed by atoms with Gasteiger partial charge in [0.25, 0.3) is 0 Å². The Labute approximate surface area is 112 Å². The van der Waals surface area contributed by atoms with Gasteiger partial charge in [0.05, 0.1) is 19.1 Å². The maximum atomic E-state index is 5.67. The Bertz CT molecular complexity index is 482. The number of nitrogens with zero attached hydrogens (tertiary/aromatic N) is 1. The number of fused-ring (bicyclic) bond motifs is 1. The molecule has 2 heterocycles. The second-order valence-corrected chi connectivity index (χ2v) is 4.51. The molecule has 19 heavy (non-hydrogen) atoms. The van der Waals surface area contributed by atoms with Crippen LogP contribution in [-0.2, 0) is 0 Å². The Hall–Kier alpha value is -1.88. The van der Waals surface area contributed by atoms with Crippen molar-refractivity contribution < 1.29 is 14.2 Å². The molecule has 0 atom stereocenters. The van der Waals surface area contributed by atoms with Gasteiger partial charge in [-0.3, -0.25) is 0 Å². The molecule has 102 valence electrons. The quantitative estimate of drug-likeness (QED) is 0.872. The number of piperazine rings is 1. The van der Waals surface area contributed by atoms with Crippen molar-refractivity contribution in [3.8, 4) is 17.2 Å². The van der Waals surface area contributed by atoms with Crippen molar-refractivity contribution in [2.45, 2.75) is 0 Å².